The van der Waals surface area contributed by atoms with Crippen LogP contribution in [-0.2, 0) is 4.79 Å². The van der Waals surface area contributed by atoms with Crippen LogP contribution in [0.1, 0.15) is 25.6 Å². The number of anilines is 1. The number of nitrogens with two attached hydrogens (primary N) is 1. The van der Waals surface area contributed by atoms with Gasteiger partial charge in [-0.3, -0.25) is 14.7 Å². The largest absolute Gasteiger partial charge is 0.490 e. The Bertz CT molecular complexity index is 1150. The first-order valence-corrected chi connectivity index (χ1v) is 10.1. The van der Waals surface area contributed by atoms with Crippen LogP contribution in [-0.4, -0.2) is 53.1 Å². The van der Waals surface area contributed by atoms with E-state index in [2.05, 4.69) is 15.3 Å². The quantitative estimate of drug-likeness (QED) is 0.632. The number of nitrogens with one attached hydrogen (secondary N) is 1. The number of rotatable bonds is 6. The number of imidazole rings is 1. The minimum Gasteiger partial charge on any atom is -0.490 e. The highest BCUT2D eigenvalue weighted by Gasteiger charge is 2.26. The van der Waals surface area contributed by atoms with Gasteiger partial charge in [0, 0.05) is 19.7 Å². The van der Waals surface area contributed by atoms with Gasteiger partial charge in [-0.25, -0.2) is 9.98 Å². The molecule has 0 saturated heterocycles. The number of nitrogens with zero attached hydrogens (tertiary/aromatic N) is 4. The zero-order valence-electron chi connectivity index (χ0n) is 18.0. The van der Waals surface area contributed by atoms with Crippen molar-refractivity contribution in [2.45, 2.75) is 26.1 Å². The van der Waals surface area contributed by atoms with Gasteiger partial charge in [0.25, 0.3) is 5.91 Å². The summed E-state index contributed by atoms with van der Waals surface area (Å²) >= 11 is 0. The second-order valence-electron chi connectivity index (χ2n) is 7.44. The molecule has 0 radical (unpaired) electrons. The summed E-state index contributed by atoms with van der Waals surface area (Å²) in [5.41, 5.74) is 8.69. The molecule has 2 atom stereocenters. The summed E-state index contributed by atoms with van der Waals surface area (Å²) in [7, 11) is 3.39. The summed E-state index contributed by atoms with van der Waals surface area (Å²) in [5, 5.41) is 3.03. The van der Waals surface area contributed by atoms with Crippen molar-refractivity contribution >= 4 is 28.8 Å². The van der Waals surface area contributed by atoms with E-state index in [0.29, 0.717) is 24.1 Å². The van der Waals surface area contributed by atoms with Crippen molar-refractivity contribution < 1.29 is 14.3 Å². The molecule has 0 fully saturated rings. The smallest absolute Gasteiger partial charge is 0.262 e. The predicted octanol–water partition coefficient (Wildman–Crippen LogP) is 2.58. The molecule has 0 aliphatic carbocycles. The van der Waals surface area contributed by atoms with Crippen molar-refractivity contribution in [3.05, 3.63) is 48.0 Å². The Balaban J connectivity index is 1.74. The van der Waals surface area contributed by atoms with E-state index in [1.54, 1.807) is 27.1 Å². The van der Waals surface area contributed by atoms with Crippen LogP contribution in [0, 0.1) is 0 Å². The third-order valence-electron chi connectivity index (χ3n) is 5.00. The molecule has 162 valence electrons. The zero-order valence-corrected chi connectivity index (χ0v) is 18.0. The lowest BCUT2D eigenvalue weighted by Crippen LogP contribution is -2.35. The SMILES string of the molecule is CCOc1cc([C@@H]2N=C(N)Nc3nc4ccccc4n32)ccc1O[C@H](C)C(=O)N(C)C. The summed E-state index contributed by atoms with van der Waals surface area (Å²) in [5.74, 6) is 1.82. The minimum absolute atomic E-state index is 0.128. The van der Waals surface area contributed by atoms with Gasteiger partial charge >= 0.3 is 0 Å². The standard InChI is InChI=1S/C22H26N6O3/c1-5-30-18-12-14(10-11-17(18)31-13(2)20(29)27(3)4)19-25-21(23)26-22-24-15-8-6-7-9-16(15)28(19)22/h6-13,19H,5H2,1-4H3,(H3,23,24,25,26)/t13-,19-/m1/s1. The highest BCUT2D eigenvalue weighted by Crippen LogP contribution is 2.37. The fourth-order valence-corrected chi connectivity index (χ4v) is 3.60. The number of aliphatic imine (C=N–C) groups is 1. The first-order chi connectivity index (χ1) is 14.9. The second-order valence-corrected chi connectivity index (χ2v) is 7.44. The molecule has 0 unspecified atom stereocenters. The first kappa shape index (κ1) is 20.5. The number of guanidine groups is 1. The molecule has 3 aromatic rings. The molecule has 31 heavy (non-hydrogen) atoms. The topological polar surface area (TPSA) is 107 Å². The van der Waals surface area contributed by atoms with E-state index >= 15 is 0 Å². The van der Waals surface area contributed by atoms with Crippen molar-refractivity contribution in [1.29, 1.82) is 0 Å². The summed E-state index contributed by atoms with van der Waals surface area (Å²) in [6, 6.07) is 13.4. The zero-order chi connectivity index (χ0) is 22.1. The van der Waals surface area contributed by atoms with Crippen molar-refractivity contribution in [1.82, 2.24) is 14.5 Å². The van der Waals surface area contributed by atoms with Gasteiger partial charge in [0.05, 0.1) is 17.6 Å². The van der Waals surface area contributed by atoms with Crippen LogP contribution in [0.2, 0.25) is 0 Å². The number of para-hydroxylation sites is 2. The van der Waals surface area contributed by atoms with Gasteiger partial charge in [-0.15, -0.1) is 0 Å². The number of fused-ring (bicyclic) bond motifs is 3. The number of ether oxygens (including phenoxy) is 2. The Morgan fingerprint density at radius 2 is 2.03 bits per heavy atom. The van der Waals surface area contributed by atoms with Gasteiger partial charge in [0.15, 0.2) is 29.7 Å². The van der Waals surface area contributed by atoms with Crippen LogP contribution in [0.25, 0.3) is 11.0 Å². The Morgan fingerprint density at radius 1 is 1.26 bits per heavy atom. The van der Waals surface area contributed by atoms with Crippen LogP contribution in [0.5, 0.6) is 11.5 Å². The lowest BCUT2D eigenvalue weighted by molar-refractivity contribution is -0.135. The van der Waals surface area contributed by atoms with Crippen molar-refractivity contribution in [3.63, 3.8) is 0 Å². The van der Waals surface area contributed by atoms with Crippen molar-refractivity contribution in [3.8, 4) is 11.5 Å². The molecule has 3 N–H and O–H groups in total. The van der Waals surface area contributed by atoms with E-state index in [0.717, 1.165) is 16.6 Å². The number of amides is 1. The molecule has 2 aromatic carbocycles. The summed E-state index contributed by atoms with van der Waals surface area (Å²) in [6.07, 6.45) is -1.06. The number of hydrogen-bond donors (Lipinski definition) is 2. The van der Waals surface area contributed by atoms with Gasteiger partial charge in [0.1, 0.15) is 0 Å². The Kier molecular flexibility index (Phi) is 5.41. The molecule has 0 spiro atoms. The number of aromatic nitrogens is 2. The Labute approximate surface area is 180 Å². The molecule has 2 heterocycles. The third-order valence-corrected chi connectivity index (χ3v) is 5.00. The first-order valence-electron chi connectivity index (χ1n) is 10.1. The molecular formula is C22H26N6O3. The fraction of sp³-hybridized carbons (Fsp3) is 0.318. The van der Waals surface area contributed by atoms with Crippen LogP contribution < -0.4 is 20.5 Å². The molecule has 1 aliphatic heterocycles. The minimum atomic E-state index is -0.642. The van der Waals surface area contributed by atoms with Crippen molar-refractivity contribution in [2.75, 3.05) is 26.0 Å². The molecule has 9 heteroatoms. The van der Waals surface area contributed by atoms with Crippen LogP contribution in [0.3, 0.4) is 0 Å². The van der Waals surface area contributed by atoms with Crippen molar-refractivity contribution in [2.24, 2.45) is 10.7 Å². The molecule has 1 aliphatic rings. The molecule has 1 aromatic heterocycles. The summed E-state index contributed by atoms with van der Waals surface area (Å²) in [4.78, 5) is 22.9. The van der Waals surface area contributed by atoms with E-state index in [4.69, 9.17) is 15.2 Å². The van der Waals surface area contributed by atoms with E-state index < -0.39 is 12.3 Å². The Hall–Kier alpha value is -3.75. The number of likely N-dealkylation sites (N-methyl/N-ethyl adjacent to an activating group) is 1. The van der Waals surface area contributed by atoms with E-state index in [1.165, 1.54) is 4.90 Å². The molecule has 9 nitrogen and oxygen atoms in total. The molecular weight excluding hydrogens is 396 g/mol. The average molecular weight is 422 g/mol. The van der Waals surface area contributed by atoms with Gasteiger partial charge in [-0.05, 0) is 38.1 Å². The van der Waals surface area contributed by atoms with Crippen LogP contribution in [0.4, 0.5) is 5.95 Å². The second kappa shape index (κ2) is 8.17. The van der Waals surface area contributed by atoms with Gasteiger partial charge in [0.2, 0.25) is 5.95 Å². The van der Waals surface area contributed by atoms with Gasteiger partial charge < -0.3 is 20.1 Å². The van der Waals surface area contributed by atoms with E-state index in [-0.39, 0.29) is 11.9 Å². The average Bonchev–Trinajstić information content (AvgIpc) is 3.11. The van der Waals surface area contributed by atoms with Gasteiger partial charge in [-0.1, -0.05) is 18.2 Å². The number of carbonyl (C=O) groups excluding carboxylic acids is 1. The number of carbonyl (C=O) groups is 1. The molecule has 0 saturated carbocycles. The third kappa shape index (κ3) is 3.86. The Morgan fingerprint density at radius 3 is 2.77 bits per heavy atom. The van der Waals surface area contributed by atoms with Crippen LogP contribution in [0.15, 0.2) is 47.5 Å². The maximum Gasteiger partial charge on any atom is 0.262 e. The van der Waals surface area contributed by atoms with Gasteiger partial charge in [-0.2, -0.15) is 0 Å². The normalized spacial score (nSPS) is 16.1. The van der Waals surface area contributed by atoms with Crippen LogP contribution >= 0.6 is 0 Å². The number of benzene rings is 2. The van der Waals surface area contributed by atoms with E-state index in [1.807, 2.05) is 47.9 Å². The lowest BCUT2D eigenvalue weighted by Gasteiger charge is -2.25. The maximum atomic E-state index is 12.2. The monoisotopic (exact) mass is 422 g/mol. The summed E-state index contributed by atoms with van der Waals surface area (Å²) < 4.78 is 13.7. The molecule has 0 bridgehead atoms. The maximum absolute atomic E-state index is 12.2. The van der Waals surface area contributed by atoms with E-state index in [9.17, 15) is 4.79 Å². The summed E-state index contributed by atoms with van der Waals surface area (Å²) in [6.45, 7) is 4.06. The lowest BCUT2D eigenvalue weighted by atomic mass is 10.1. The highest BCUT2D eigenvalue weighted by atomic mass is 16.5. The molecule has 1 amide bonds. The number of hydrogen-bond acceptors (Lipinski definition) is 7. The fourth-order valence-electron chi connectivity index (χ4n) is 3.60. The highest BCUT2D eigenvalue weighted by molar-refractivity contribution is 5.94. The molecule has 4 rings (SSSR count). The predicted molar refractivity (Wildman–Crippen MR) is 120 cm³/mol.